The van der Waals surface area contributed by atoms with E-state index in [9.17, 15) is 0 Å². The minimum absolute atomic E-state index is 0.576. The maximum absolute atomic E-state index is 5.79. The van der Waals surface area contributed by atoms with Crippen molar-refractivity contribution in [2.24, 2.45) is 11.7 Å². The zero-order valence-electron chi connectivity index (χ0n) is 10.5. The summed E-state index contributed by atoms with van der Waals surface area (Å²) in [4.78, 5) is 2.49. The van der Waals surface area contributed by atoms with Crippen molar-refractivity contribution < 1.29 is 0 Å². The van der Waals surface area contributed by atoms with Gasteiger partial charge < -0.3 is 10.6 Å². The molecular weight excluding hydrogens is 196 g/mol. The van der Waals surface area contributed by atoms with E-state index in [4.69, 9.17) is 5.73 Å². The van der Waals surface area contributed by atoms with Crippen molar-refractivity contribution in [1.82, 2.24) is 0 Å². The van der Waals surface area contributed by atoms with Gasteiger partial charge in [0.25, 0.3) is 0 Å². The molecule has 2 rings (SSSR count). The molecule has 1 aromatic rings. The maximum atomic E-state index is 5.79. The molecule has 0 bridgehead atoms. The highest BCUT2D eigenvalue weighted by Gasteiger charge is 2.29. The summed E-state index contributed by atoms with van der Waals surface area (Å²) in [6.45, 7) is 8.59. The van der Waals surface area contributed by atoms with Crippen LogP contribution in [-0.4, -0.2) is 19.1 Å². The first kappa shape index (κ1) is 11.5. The molecule has 2 nitrogen and oxygen atoms in total. The molecule has 1 fully saturated rings. The van der Waals surface area contributed by atoms with Crippen molar-refractivity contribution >= 4 is 5.69 Å². The van der Waals surface area contributed by atoms with Gasteiger partial charge in [0.05, 0.1) is 0 Å². The van der Waals surface area contributed by atoms with Gasteiger partial charge in [-0.05, 0) is 62.9 Å². The third-order valence-corrected chi connectivity index (χ3v) is 4.04. The van der Waals surface area contributed by atoms with Gasteiger partial charge in [-0.25, -0.2) is 0 Å². The van der Waals surface area contributed by atoms with Crippen molar-refractivity contribution in [2.75, 3.05) is 18.0 Å². The van der Waals surface area contributed by atoms with E-state index in [1.54, 1.807) is 0 Å². The molecule has 0 radical (unpaired) electrons. The van der Waals surface area contributed by atoms with Crippen molar-refractivity contribution in [3.63, 3.8) is 0 Å². The Morgan fingerprint density at radius 1 is 1.31 bits per heavy atom. The summed E-state index contributed by atoms with van der Waals surface area (Å²) >= 11 is 0. The van der Waals surface area contributed by atoms with Gasteiger partial charge in [0.1, 0.15) is 0 Å². The van der Waals surface area contributed by atoms with Crippen LogP contribution in [-0.2, 0) is 0 Å². The molecule has 1 heterocycles. The first-order valence-corrected chi connectivity index (χ1v) is 6.17. The quantitative estimate of drug-likeness (QED) is 0.826. The fraction of sp³-hybridized carbons (Fsp3) is 0.571. The van der Waals surface area contributed by atoms with Crippen LogP contribution in [0.1, 0.15) is 24.5 Å². The van der Waals surface area contributed by atoms with Crippen molar-refractivity contribution in [1.29, 1.82) is 0 Å². The average molecular weight is 218 g/mol. The molecule has 2 atom stereocenters. The first-order valence-electron chi connectivity index (χ1n) is 6.17. The number of nitrogens with zero attached hydrogens (tertiary/aromatic N) is 1. The number of aryl methyl sites for hydroxylation is 2. The summed E-state index contributed by atoms with van der Waals surface area (Å²) in [6.07, 6.45) is 1.23. The molecular formula is C14H22N2. The van der Waals surface area contributed by atoms with Crippen LogP contribution in [0.25, 0.3) is 0 Å². The number of rotatable bonds is 2. The summed E-state index contributed by atoms with van der Waals surface area (Å²) in [5, 5.41) is 0. The maximum Gasteiger partial charge on any atom is 0.0371 e. The Morgan fingerprint density at radius 2 is 2.06 bits per heavy atom. The van der Waals surface area contributed by atoms with E-state index in [1.165, 1.54) is 23.2 Å². The van der Waals surface area contributed by atoms with Crippen molar-refractivity contribution in [3.8, 4) is 0 Å². The average Bonchev–Trinajstić information content (AvgIpc) is 2.64. The molecule has 0 amide bonds. The lowest BCUT2D eigenvalue weighted by molar-refractivity contribution is 0.508. The Bertz CT molecular complexity index is 373. The van der Waals surface area contributed by atoms with Gasteiger partial charge in [-0.15, -0.1) is 0 Å². The second-order valence-corrected chi connectivity index (χ2v) is 4.99. The van der Waals surface area contributed by atoms with E-state index in [0.29, 0.717) is 12.0 Å². The van der Waals surface area contributed by atoms with Crippen LogP contribution < -0.4 is 10.6 Å². The van der Waals surface area contributed by atoms with Crippen LogP contribution in [0.2, 0.25) is 0 Å². The first-order chi connectivity index (χ1) is 7.63. The van der Waals surface area contributed by atoms with Crippen LogP contribution in [0.4, 0.5) is 5.69 Å². The number of hydrogen-bond donors (Lipinski definition) is 1. The molecule has 1 aliphatic heterocycles. The van der Waals surface area contributed by atoms with Gasteiger partial charge in [-0.1, -0.05) is 6.07 Å². The van der Waals surface area contributed by atoms with Gasteiger partial charge >= 0.3 is 0 Å². The molecule has 2 unspecified atom stereocenters. The van der Waals surface area contributed by atoms with E-state index >= 15 is 0 Å². The van der Waals surface area contributed by atoms with Crippen LogP contribution in [0.5, 0.6) is 0 Å². The minimum Gasteiger partial charge on any atom is -0.368 e. The van der Waals surface area contributed by atoms with Crippen LogP contribution >= 0.6 is 0 Å². The Morgan fingerprint density at radius 3 is 2.62 bits per heavy atom. The zero-order chi connectivity index (χ0) is 11.7. The fourth-order valence-corrected chi connectivity index (χ4v) is 2.59. The van der Waals surface area contributed by atoms with Gasteiger partial charge in [0.2, 0.25) is 0 Å². The van der Waals surface area contributed by atoms with E-state index in [1.807, 2.05) is 0 Å². The molecule has 16 heavy (non-hydrogen) atoms. The molecule has 0 aliphatic carbocycles. The van der Waals surface area contributed by atoms with E-state index in [-0.39, 0.29) is 0 Å². The smallest absolute Gasteiger partial charge is 0.0371 e. The third-order valence-electron chi connectivity index (χ3n) is 4.04. The summed E-state index contributed by atoms with van der Waals surface area (Å²) in [6, 6.07) is 7.32. The predicted molar refractivity (Wildman–Crippen MR) is 69.9 cm³/mol. The topological polar surface area (TPSA) is 29.3 Å². The molecule has 2 N–H and O–H groups in total. The highest BCUT2D eigenvalue weighted by atomic mass is 15.2. The van der Waals surface area contributed by atoms with E-state index in [2.05, 4.69) is 43.9 Å². The lowest BCUT2D eigenvalue weighted by atomic mass is 10.0. The SMILES string of the molecule is Cc1ccc(N2CCC(CN)C2C)cc1C. The summed E-state index contributed by atoms with van der Waals surface area (Å²) < 4.78 is 0. The predicted octanol–water partition coefficient (Wildman–Crippen LogP) is 2.48. The molecule has 0 aromatic heterocycles. The Hall–Kier alpha value is -1.02. The van der Waals surface area contributed by atoms with Crippen molar-refractivity contribution in [2.45, 2.75) is 33.2 Å². The van der Waals surface area contributed by atoms with E-state index < -0.39 is 0 Å². The molecule has 1 aliphatic rings. The molecule has 88 valence electrons. The minimum atomic E-state index is 0.576. The lowest BCUT2D eigenvalue weighted by Crippen LogP contribution is -2.32. The standard InChI is InChI=1S/C14H22N2/c1-10-4-5-14(8-11(10)2)16-7-6-13(9-15)12(16)3/h4-5,8,12-13H,6-7,9,15H2,1-3H3. The highest BCUT2D eigenvalue weighted by Crippen LogP contribution is 2.30. The molecule has 2 heteroatoms. The Balaban J connectivity index is 2.22. The lowest BCUT2D eigenvalue weighted by Gasteiger charge is -2.27. The summed E-state index contributed by atoms with van der Waals surface area (Å²) in [5.74, 6) is 0.654. The third kappa shape index (κ3) is 1.94. The molecule has 0 spiro atoms. The highest BCUT2D eigenvalue weighted by molar-refractivity contribution is 5.52. The second kappa shape index (κ2) is 4.46. The fourth-order valence-electron chi connectivity index (χ4n) is 2.59. The van der Waals surface area contributed by atoms with Gasteiger partial charge in [-0.3, -0.25) is 0 Å². The van der Waals surface area contributed by atoms with Gasteiger partial charge in [0.15, 0.2) is 0 Å². The van der Waals surface area contributed by atoms with E-state index in [0.717, 1.165) is 13.1 Å². The van der Waals surface area contributed by atoms with Crippen LogP contribution in [0, 0.1) is 19.8 Å². The zero-order valence-corrected chi connectivity index (χ0v) is 10.5. The van der Waals surface area contributed by atoms with Crippen LogP contribution in [0.3, 0.4) is 0 Å². The Labute approximate surface area is 98.4 Å². The molecule has 1 aromatic carbocycles. The van der Waals surface area contributed by atoms with Gasteiger partial charge in [0, 0.05) is 18.3 Å². The number of benzene rings is 1. The van der Waals surface area contributed by atoms with Gasteiger partial charge in [-0.2, -0.15) is 0 Å². The number of hydrogen-bond acceptors (Lipinski definition) is 2. The second-order valence-electron chi connectivity index (χ2n) is 4.99. The Kier molecular flexibility index (Phi) is 3.20. The summed E-state index contributed by atoms with van der Waals surface area (Å²) in [7, 11) is 0. The molecule has 1 saturated heterocycles. The summed E-state index contributed by atoms with van der Waals surface area (Å²) in [5.41, 5.74) is 9.89. The van der Waals surface area contributed by atoms with Crippen molar-refractivity contribution in [3.05, 3.63) is 29.3 Å². The monoisotopic (exact) mass is 218 g/mol. The normalized spacial score (nSPS) is 25.1. The number of nitrogens with two attached hydrogens (primary N) is 1. The number of anilines is 1. The molecule has 0 saturated carbocycles. The largest absolute Gasteiger partial charge is 0.368 e. The van der Waals surface area contributed by atoms with Crippen LogP contribution in [0.15, 0.2) is 18.2 Å².